The fourth-order valence-electron chi connectivity index (χ4n) is 4.92. The molecule has 1 saturated carbocycles. The van der Waals surface area contributed by atoms with Crippen molar-refractivity contribution in [2.75, 3.05) is 30.9 Å². The van der Waals surface area contributed by atoms with E-state index in [0.717, 1.165) is 12.7 Å². The van der Waals surface area contributed by atoms with Gasteiger partial charge in [0.05, 0.1) is 6.61 Å². The second-order valence-corrected chi connectivity index (χ2v) is 10.2. The fraction of sp³-hybridized carbons (Fsp3) is 0.737. The topological polar surface area (TPSA) is 89.5 Å². The SMILES string of the molecule is CCOC(=O)CC1C2CC1CN(c1nc(S(C)(=O)=O)nc3c1CCCC3(F)F)C2. The van der Waals surface area contributed by atoms with E-state index in [9.17, 15) is 22.0 Å². The Morgan fingerprint density at radius 1 is 1.28 bits per heavy atom. The first kappa shape index (κ1) is 20.4. The molecule has 2 bridgehead atoms. The van der Waals surface area contributed by atoms with Crippen molar-refractivity contribution < 1.29 is 26.7 Å². The van der Waals surface area contributed by atoms with Crippen LogP contribution in [0.3, 0.4) is 0 Å². The molecule has 29 heavy (non-hydrogen) atoms. The highest BCUT2D eigenvalue weighted by molar-refractivity contribution is 7.90. The van der Waals surface area contributed by atoms with Gasteiger partial charge in [0.2, 0.25) is 15.0 Å². The maximum atomic E-state index is 14.5. The Hall–Kier alpha value is -1.84. The van der Waals surface area contributed by atoms with Crippen molar-refractivity contribution in [2.24, 2.45) is 17.8 Å². The van der Waals surface area contributed by atoms with Crippen LogP contribution in [0.1, 0.15) is 43.9 Å². The quantitative estimate of drug-likeness (QED) is 0.524. The summed E-state index contributed by atoms with van der Waals surface area (Å²) in [5.41, 5.74) is -0.0895. The second-order valence-electron chi connectivity index (χ2n) is 8.32. The van der Waals surface area contributed by atoms with Crippen LogP contribution in [0.5, 0.6) is 0 Å². The van der Waals surface area contributed by atoms with Crippen molar-refractivity contribution in [3.05, 3.63) is 11.3 Å². The van der Waals surface area contributed by atoms with Gasteiger partial charge in [0.25, 0.3) is 5.92 Å². The van der Waals surface area contributed by atoms with Crippen LogP contribution < -0.4 is 4.90 Å². The van der Waals surface area contributed by atoms with E-state index < -0.39 is 26.6 Å². The number of aromatic nitrogens is 2. The normalized spacial score (nSPS) is 27.7. The number of piperidine rings is 2. The summed E-state index contributed by atoms with van der Waals surface area (Å²) in [7, 11) is -3.83. The first-order valence-electron chi connectivity index (χ1n) is 10.00. The Balaban J connectivity index is 1.64. The molecule has 160 valence electrons. The average Bonchev–Trinajstić information content (AvgIpc) is 2.65. The number of sulfone groups is 1. The average molecular weight is 429 g/mol. The van der Waals surface area contributed by atoms with E-state index in [-0.39, 0.29) is 30.1 Å². The molecule has 7 nitrogen and oxygen atoms in total. The molecule has 1 aromatic heterocycles. The Morgan fingerprint density at radius 2 is 1.97 bits per heavy atom. The first-order chi connectivity index (χ1) is 13.6. The summed E-state index contributed by atoms with van der Waals surface area (Å²) in [6, 6.07) is 0. The molecular formula is C19H25F2N3O4S. The molecule has 3 heterocycles. The monoisotopic (exact) mass is 429 g/mol. The summed E-state index contributed by atoms with van der Waals surface area (Å²) in [5, 5.41) is -0.546. The standard InChI is InChI=1S/C19H25F2N3O4S/c1-3-28-15(25)8-14-11-7-12(14)10-24(9-11)17-13-5-4-6-19(20,21)16(13)22-18(23-17)29(2,26)27/h11-12,14H,3-10H2,1-2H3. The maximum Gasteiger partial charge on any atom is 0.306 e. The van der Waals surface area contributed by atoms with Crippen molar-refractivity contribution in [2.45, 2.75) is 50.1 Å². The number of carbonyl (C=O) groups excluding carboxylic acids is 1. The van der Waals surface area contributed by atoms with Gasteiger partial charge in [-0.2, -0.15) is 8.78 Å². The third-order valence-electron chi connectivity index (χ3n) is 6.29. The van der Waals surface area contributed by atoms with Gasteiger partial charge in [0.15, 0.2) is 0 Å². The minimum absolute atomic E-state index is 0.209. The molecule has 0 amide bonds. The highest BCUT2D eigenvalue weighted by Crippen LogP contribution is 2.50. The highest BCUT2D eigenvalue weighted by Gasteiger charge is 2.49. The minimum Gasteiger partial charge on any atom is -0.466 e. The largest absolute Gasteiger partial charge is 0.466 e. The molecular weight excluding hydrogens is 404 g/mol. The van der Waals surface area contributed by atoms with Gasteiger partial charge < -0.3 is 9.64 Å². The lowest BCUT2D eigenvalue weighted by Gasteiger charge is -2.54. The summed E-state index contributed by atoms with van der Waals surface area (Å²) in [6.07, 6.45) is 2.65. The molecule has 0 N–H and O–H groups in total. The molecule has 2 unspecified atom stereocenters. The van der Waals surface area contributed by atoms with Gasteiger partial charge in [-0.25, -0.2) is 18.4 Å². The van der Waals surface area contributed by atoms with Crippen LogP contribution in [0.2, 0.25) is 0 Å². The second kappa shape index (κ2) is 7.14. The maximum absolute atomic E-state index is 14.5. The van der Waals surface area contributed by atoms with Crippen molar-refractivity contribution in [3.8, 4) is 0 Å². The van der Waals surface area contributed by atoms with Crippen LogP contribution >= 0.6 is 0 Å². The van der Waals surface area contributed by atoms with E-state index in [1.54, 1.807) is 6.92 Å². The Labute approximate surface area is 168 Å². The van der Waals surface area contributed by atoms with Crippen LogP contribution in [-0.4, -0.2) is 50.3 Å². The molecule has 2 aliphatic carbocycles. The van der Waals surface area contributed by atoms with E-state index in [2.05, 4.69) is 9.97 Å². The number of hydrogen-bond acceptors (Lipinski definition) is 7. The summed E-state index contributed by atoms with van der Waals surface area (Å²) in [5.74, 6) is -2.34. The summed E-state index contributed by atoms with van der Waals surface area (Å²) < 4.78 is 58.2. The highest BCUT2D eigenvalue weighted by atomic mass is 32.2. The zero-order valence-corrected chi connectivity index (χ0v) is 17.3. The fourth-order valence-corrected chi connectivity index (χ4v) is 5.43. The zero-order chi connectivity index (χ0) is 21.0. The third kappa shape index (κ3) is 3.71. The van der Waals surface area contributed by atoms with Gasteiger partial charge in [0, 0.05) is 37.8 Å². The number of nitrogens with zero attached hydrogens (tertiary/aromatic N) is 3. The summed E-state index contributed by atoms with van der Waals surface area (Å²) >= 11 is 0. The van der Waals surface area contributed by atoms with Crippen molar-refractivity contribution >= 4 is 21.6 Å². The molecule has 2 atom stereocenters. The van der Waals surface area contributed by atoms with Crippen molar-refractivity contribution in [3.63, 3.8) is 0 Å². The lowest BCUT2D eigenvalue weighted by molar-refractivity contribution is -0.147. The lowest BCUT2D eigenvalue weighted by Crippen LogP contribution is -2.56. The van der Waals surface area contributed by atoms with Crippen LogP contribution in [-0.2, 0) is 31.7 Å². The van der Waals surface area contributed by atoms with E-state index in [1.807, 2.05) is 4.90 Å². The molecule has 3 fully saturated rings. The molecule has 5 rings (SSSR count). The molecule has 10 heteroatoms. The number of esters is 1. The van der Waals surface area contributed by atoms with Crippen LogP contribution in [0.4, 0.5) is 14.6 Å². The predicted molar refractivity (Wildman–Crippen MR) is 101 cm³/mol. The van der Waals surface area contributed by atoms with Crippen LogP contribution in [0, 0.1) is 17.8 Å². The van der Waals surface area contributed by atoms with E-state index in [0.29, 0.717) is 50.3 Å². The molecule has 4 aliphatic rings. The number of ether oxygens (including phenoxy) is 1. The predicted octanol–water partition coefficient (Wildman–Crippen LogP) is 2.33. The Kier molecular flexibility index (Phi) is 5.03. The Morgan fingerprint density at radius 3 is 2.59 bits per heavy atom. The summed E-state index contributed by atoms with van der Waals surface area (Å²) in [6.45, 7) is 3.26. The number of hydrogen-bond donors (Lipinski definition) is 0. The van der Waals surface area contributed by atoms with Crippen molar-refractivity contribution in [1.29, 1.82) is 0 Å². The van der Waals surface area contributed by atoms with Crippen molar-refractivity contribution in [1.82, 2.24) is 9.97 Å². The van der Waals surface area contributed by atoms with Gasteiger partial charge in [-0.3, -0.25) is 4.79 Å². The Bertz CT molecular complexity index is 926. The molecule has 2 saturated heterocycles. The number of carbonyl (C=O) groups is 1. The number of rotatable bonds is 5. The van der Waals surface area contributed by atoms with Gasteiger partial charge >= 0.3 is 5.97 Å². The number of anilines is 1. The van der Waals surface area contributed by atoms with Crippen LogP contribution in [0.25, 0.3) is 0 Å². The number of halogens is 2. The zero-order valence-electron chi connectivity index (χ0n) is 16.5. The van der Waals surface area contributed by atoms with Gasteiger partial charge in [-0.05, 0) is 43.9 Å². The number of fused-ring (bicyclic) bond motifs is 3. The third-order valence-corrected chi connectivity index (χ3v) is 7.14. The van der Waals surface area contributed by atoms with Crippen LogP contribution in [0.15, 0.2) is 5.16 Å². The lowest BCUT2D eigenvalue weighted by atomic mass is 9.60. The van der Waals surface area contributed by atoms with E-state index in [4.69, 9.17) is 4.74 Å². The molecule has 1 aromatic rings. The minimum atomic E-state index is -3.83. The first-order valence-corrected chi connectivity index (χ1v) is 11.9. The smallest absolute Gasteiger partial charge is 0.306 e. The molecule has 0 spiro atoms. The molecule has 0 aromatic carbocycles. The van der Waals surface area contributed by atoms with E-state index >= 15 is 0 Å². The van der Waals surface area contributed by atoms with E-state index in [1.165, 1.54) is 0 Å². The summed E-state index contributed by atoms with van der Waals surface area (Å²) in [4.78, 5) is 21.7. The van der Waals surface area contributed by atoms with Gasteiger partial charge in [0.1, 0.15) is 11.5 Å². The van der Waals surface area contributed by atoms with Gasteiger partial charge in [-0.15, -0.1) is 0 Å². The molecule has 0 radical (unpaired) electrons. The number of alkyl halides is 2. The van der Waals surface area contributed by atoms with Gasteiger partial charge in [-0.1, -0.05) is 0 Å². The molecule has 2 aliphatic heterocycles.